The smallest absolute Gasteiger partial charge is 0.397 e. The maximum Gasteiger partial charge on any atom is 0.476 e. The lowest BCUT2D eigenvalue weighted by Gasteiger charge is -2.15. The first-order chi connectivity index (χ1) is 12.3. The van der Waals surface area contributed by atoms with Gasteiger partial charge >= 0.3 is 11.7 Å². The highest BCUT2D eigenvalue weighted by molar-refractivity contribution is 7.86. The number of nitrogen functional groups attached to an aromatic ring is 1. The number of nitrogens with zero attached hydrogens (tertiary/aromatic N) is 2. The van der Waals surface area contributed by atoms with Gasteiger partial charge < -0.3 is 5.73 Å². The summed E-state index contributed by atoms with van der Waals surface area (Å²) in [6.45, 7) is 0. The molecule has 0 saturated carbocycles. The number of anilines is 1. The van der Waals surface area contributed by atoms with Gasteiger partial charge in [-0.3, -0.25) is 5.10 Å². The zero-order valence-corrected chi connectivity index (χ0v) is 14.9. The van der Waals surface area contributed by atoms with Gasteiger partial charge in [0.1, 0.15) is 11.0 Å². The standard InChI is InChI=1S/C13H6Cl2F6N4OS/c14-5-1-4(2-12(16,17)18)9(23)8(15)7(5)10-11(6(3-22)24-25-10)27(26)13(19,20)21/h1H,2,23H2,(H,24,25). The van der Waals surface area contributed by atoms with E-state index in [4.69, 9.17) is 34.2 Å². The molecule has 14 heteroatoms. The fourth-order valence-electron chi connectivity index (χ4n) is 2.15. The molecular weight excluding hydrogens is 445 g/mol. The highest BCUT2D eigenvalue weighted by Crippen LogP contribution is 2.44. The summed E-state index contributed by atoms with van der Waals surface area (Å²) < 4.78 is 88.2. The minimum atomic E-state index is -5.25. The van der Waals surface area contributed by atoms with E-state index in [9.17, 15) is 30.6 Å². The first-order valence-corrected chi connectivity index (χ1v) is 8.49. The molecule has 1 unspecified atom stereocenters. The number of H-pyrrole nitrogens is 1. The Labute approximate surface area is 159 Å². The van der Waals surface area contributed by atoms with E-state index in [1.54, 1.807) is 0 Å². The summed E-state index contributed by atoms with van der Waals surface area (Å²) in [5.41, 5.74) is -2.70. The van der Waals surface area contributed by atoms with Gasteiger partial charge in [-0.15, -0.1) is 0 Å². The van der Waals surface area contributed by atoms with Crippen LogP contribution in [0.1, 0.15) is 11.3 Å². The van der Waals surface area contributed by atoms with Gasteiger partial charge in [0.15, 0.2) is 16.5 Å². The largest absolute Gasteiger partial charge is 0.476 e. The molecule has 0 saturated heterocycles. The van der Waals surface area contributed by atoms with E-state index >= 15 is 0 Å². The maximum atomic E-state index is 12.9. The molecule has 5 nitrogen and oxygen atoms in total. The summed E-state index contributed by atoms with van der Waals surface area (Å²) in [5, 5.41) is 13.2. The Hall–Kier alpha value is -1.97. The number of nitriles is 1. The number of nitrogens with one attached hydrogen (secondary N) is 1. The molecule has 1 atom stereocenters. The number of benzene rings is 1. The van der Waals surface area contributed by atoms with Crippen LogP contribution in [0.3, 0.4) is 0 Å². The van der Waals surface area contributed by atoms with E-state index in [1.807, 2.05) is 0 Å². The van der Waals surface area contributed by atoms with Crippen LogP contribution in [-0.2, 0) is 17.2 Å². The topological polar surface area (TPSA) is 95.6 Å². The summed E-state index contributed by atoms with van der Waals surface area (Å²) in [5.74, 6) is 0. The third-order valence-electron chi connectivity index (χ3n) is 3.21. The number of halogens is 8. The first kappa shape index (κ1) is 21.3. The minimum absolute atomic E-state index is 0.455. The fraction of sp³-hybridized carbons (Fsp3) is 0.231. The summed E-state index contributed by atoms with van der Waals surface area (Å²) in [7, 11) is -3.69. The van der Waals surface area contributed by atoms with Gasteiger partial charge in [-0.2, -0.15) is 36.7 Å². The van der Waals surface area contributed by atoms with Crippen LogP contribution in [0.4, 0.5) is 32.0 Å². The molecule has 2 aromatic rings. The van der Waals surface area contributed by atoms with Crippen molar-refractivity contribution in [2.24, 2.45) is 0 Å². The molecule has 3 N–H and O–H groups in total. The van der Waals surface area contributed by atoms with Crippen LogP contribution >= 0.6 is 23.2 Å². The average Bonchev–Trinajstić information content (AvgIpc) is 2.92. The third kappa shape index (κ3) is 4.31. The lowest BCUT2D eigenvalue weighted by Crippen LogP contribution is -2.17. The highest BCUT2D eigenvalue weighted by Gasteiger charge is 2.42. The third-order valence-corrected chi connectivity index (χ3v) is 5.09. The molecule has 0 aliphatic carbocycles. The number of rotatable bonds is 3. The Morgan fingerprint density at radius 2 is 1.85 bits per heavy atom. The van der Waals surface area contributed by atoms with Gasteiger partial charge in [0.05, 0.1) is 27.8 Å². The second-order valence-electron chi connectivity index (χ2n) is 5.01. The van der Waals surface area contributed by atoms with Crippen LogP contribution in [0.5, 0.6) is 0 Å². The maximum absolute atomic E-state index is 12.9. The summed E-state index contributed by atoms with van der Waals surface area (Å²) >= 11 is 11.8. The Morgan fingerprint density at radius 1 is 1.26 bits per heavy atom. The van der Waals surface area contributed by atoms with Gasteiger partial charge in [0.25, 0.3) is 0 Å². The quantitative estimate of drug-likeness (QED) is 0.528. The molecule has 0 aliphatic heterocycles. The molecule has 1 aromatic carbocycles. The summed E-state index contributed by atoms with van der Waals surface area (Å²) in [4.78, 5) is -1.06. The number of hydrogen-bond acceptors (Lipinski definition) is 4. The van der Waals surface area contributed by atoms with Crippen molar-refractivity contribution >= 4 is 39.7 Å². The molecule has 1 aromatic heterocycles. The minimum Gasteiger partial charge on any atom is -0.397 e. The van der Waals surface area contributed by atoms with Crippen molar-refractivity contribution in [2.45, 2.75) is 23.0 Å². The van der Waals surface area contributed by atoms with Crippen molar-refractivity contribution in [1.82, 2.24) is 10.2 Å². The highest BCUT2D eigenvalue weighted by atomic mass is 35.5. The molecule has 0 fully saturated rings. The van der Waals surface area contributed by atoms with Crippen LogP contribution in [0.25, 0.3) is 11.3 Å². The van der Waals surface area contributed by atoms with E-state index in [0.29, 0.717) is 0 Å². The first-order valence-electron chi connectivity index (χ1n) is 6.58. The lowest BCUT2D eigenvalue weighted by atomic mass is 10.0. The molecule has 0 radical (unpaired) electrons. The van der Waals surface area contributed by atoms with Crippen LogP contribution in [0.15, 0.2) is 11.0 Å². The van der Waals surface area contributed by atoms with Crippen LogP contribution in [0, 0.1) is 11.3 Å². The van der Waals surface area contributed by atoms with Gasteiger partial charge in [0, 0.05) is 5.56 Å². The Bertz CT molecular complexity index is 964. The van der Waals surface area contributed by atoms with Gasteiger partial charge in [0.2, 0.25) is 0 Å². The number of aromatic amines is 1. The normalized spacial score (nSPS) is 13.4. The number of hydrogen-bond donors (Lipinski definition) is 2. The fourth-order valence-corrected chi connectivity index (χ4v) is 3.67. The van der Waals surface area contributed by atoms with E-state index < -0.39 is 72.0 Å². The van der Waals surface area contributed by atoms with Gasteiger partial charge in [-0.1, -0.05) is 23.2 Å². The molecule has 1 heterocycles. The van der Waals surface area contributed by atoms with E-state index in [-0.39, 0.29) is 0 Å². The molecule has 0 bridgehead atoms. The number of alkyl halides is 6. The SMILES string of the molecule is N#Cc1n[nH]c(-c2c(Cl)cc(CC(F)(F)F)c(N)c2Cl)c1S(=O)C(F)(F)F. The van der Waals surface area contributed by atoms with Crippen molar-refractivity contribution in [3.05, 3.63) is 27.4 Å². The monoisotopic (exact) mass is 450 g/mol. The summed E-state index contributed by atoms with van der Waals surface area (Å²) in [6, 6.07) is 2.11. The van der Waals surface area contributed by atoms with Gasteiger partial charge in [-0.05, 0) is 11.6 Å². The van der Waals surface area contributed by atoms with Crippen molar-refractivity contribution in [2.75, 3.05) is 5.73 Å². The van der Waals surface area contributed by atoms with Crippen LogP contribution in [0.2, 0.25) is 10.0 Å². The van der Waals surface area contributed by atoms with Crippen molar-refractivity contribution in [3.63, 3.8) is 0 Å². The van der Waals surface area contributed by atoms with Crippen molar-refractivity contribution in [3.8, 4) is 17.3 Å². The van der Waals surface area contributed by atoms with E-state index in [2.05, 4.69) is 10.2 Å². The van der Waals surface area contributed by atoms with Gasteiger partial charge in [-0.25, -0.2) is 4.21 Å². The second kappa shape index (κ2) is 7.21. The van der Waals surface area contributed by atoms with Crippen molar-refractivity contribution < 1.29 is 30.6 Å². The molecule has 146 valence electrons. The molecular formula is C13H6Cl2F6N4OS. The zero-order valence-electron chi connectivity index (χ0n) is 12.6. The van der Waals surface area contributed by atoms with E-state index in [0.717, 1.165) is 6.07 Å². The molecule has 0 amide bonds. The molecule has 0 aliphatic rings. The van der Waals surface area contributed by atoms with E-state index in [1.165, 1.54) is 6.07 Å². The van der Waals surface area contributed by atoms with Crippen LogP contribution < -0.4 is 5.73 Å². The van der Waals surface area contributed by atoms with Crippen LogP contribution in [-0.4, -0.2) is 26.1 Å². The van der Waals surface area contributed by atoms with Crippen molar-refractivity contribution in [1.29, 1.82) is 5.26 Å². The number of nitrogens with two attached hydrogens (primary N) is 1. The molecule has 0 spiro atoms. The Morgan fingerprint density at radius 3 is 2.33 bits per heavy atom. The number of aromatic nitrogens is 2. The lowest BCUT2D eigenvalue weighted by molar-refractivity contribution is -0.127. The zero-order chi connectivity index (χ0) is 20.7. The molecule has 2 rings (SSSR count). The predicted octanol–water partition coefficient (Wildman–Crippen LogP) is 4.57. The average molecular weight is 451 g/mol. The summed E-state index contributed by atoms with van der Waals surface area (Å²) in [6.07, 6.45) is -6.13. The predicted molar refractivity (Wildman–Crippen MR) is 85.4 cm³/mol. The Balaban J connectivity index is 2.75. The Kier molecular flexibility index (Phi) is 5.70. The second-order valence-corrected chi connectivity index (χ2v) is 7.21. The molecule has 27 heavy (non-hydrogen) atoms.